The first-order valence-electron chi connectivity index (χ1n) is 6.54. The highest BCUT2D eigenvalue weighted by atomic mass is 14.7. The molecule has 0 amide bonds. The molecule has 0 bridgehead atoms. The third-order valence-corrected chi connectivity index (χ3v) is 1.82. The van der Waals surface area contributed by atoms with Crippen LogP contribution in [0.4, 0.5) is 0 Å². The Labute approximate surface area is 107 Å². The van der Waals surface area contributed by atoms with Crippen LogP contribution in [-0.2, 0) is 0 Å². The van der Waals surface area contributed by atoms with Crippen LogP contribution >= 0.6 is 0 Å². The van der Waals surface area contributed by atoms with Crippen LogP contribution in [0.1, 0.15) is 58.0 Å². The summed E-state index contributed by atoms with van der Waals surface area (Å²) in [7, 11) is 0. The van der Waals surface area contributed by atoms with Crippen molar-refractivity contribution in [3.05, 3.63) is 41.7 Å². The zero-order chi connectivity index (χ0) is 13.7. The maximum atomic E-state index is 4.38. The first kappa shape index (κ1) is 18.0. The van der Waals surface area contributed by atoms with E-state index >= 15 is 0 Å². The summed E-state index contributed by atoms with van der Waals surface area (Å²) in [6.45, 7) is 15.8. The SMILES string of the molecule is C=Cc1nc(C)ccc1/C=C\CC.CC.CC. The standard InChI is InChI=1S/C12H15N.2C2H6/c1-4-6-7-11-9-8-10(3)13-12(11)5-2;2*1-2/h5-9H,2,4H2,1,3H3;2*1-2H3/b7-6-;;. The Hall–Kier alpha value is -1.37. The molecule has 0 saturated heterocycles. The van der Waals surface area contributed by atoms with Gasteiger partial charge in [-0.3, -0.25) is 4.98 Å². The molecule has 1 aromatic rings. The average molecular weight is 233 g/mol. The highest BCUT2D eigenvalue weighted by Gasteiger charge is 1.96. The molecule has 1 aromatic heterocycles. The first-order valence-corrected chi connectivity index (χ1v) is 6.54. The molecule has 0 aliphatic carbocycles. The molecule has 1 heterocycles. The molecule has 0 aromatic carbocycles. The second-order valence-corrected chi connectivity index (χ2v) is 2.94. The monoisotopic (exact) mass is 233 g/mol. The van der Waals surface area contributed by atoms with E-state index < -0.39 is 0 Å². The van der Waals surface area contributed by atoms with E-state index in [4.69, 9.17) is 0 Å². The molecule has 0 radical (unpaired) electrons. The molecule has 0 aliphatic rings. The minimum absolute atomic E-state index is 0.963. The van der Waals surface area contributed by atoms with Gasteiger partial charge in [-0.25, -0.2) is 0 Å². The van der Waals surface area contributed by atoms with Gasteiger partial charge in [0, 0.05) is 5.69 Å². The van der Waals surface area contributed by atoms with E-state index in [2.05, 4.69) is 36.7 Å². The Bertz CT molecular complexity index is 324. The van der Waals surface area contributed by atoms with Crippen molar-refractivity contribution in [3.8, 4) is 0 Å². The lowest BCUT2D eigenvalue weighted by molar-refractivity contribution is 1.17. The smallest absolute Gasteiger partial charge is 0.0699 e. The second-order valence-electron chi connectivity index (χ2n) is 2.94. The second kappa shape index (κ2) is 12.7. The summed E-state index contributed by atoms with van der Waals surface area (Å²) in [5.41, 5.74) is 3.13. The van der Waals surface area contributed by atoms with Crippen molar-refractivity contribution < 1.29 is 0 Å². The summed E-state index contributed by atoms with van der Waals surface area (Å²) < 4.78 is 0. The van der Waals surface area contributed by atoms with E-state index in [1.54, 1.807) is 6.08 Å². The van der Waals surface area contributed by atoms with Gasteiger partial charge >= 0.3 is 0 Å². The number of aryl methyl sites for hydroxylation is 1. The summed E-state index contributed by atoms with van der Waals surface area (Å²) in [6.07, 6.45) is 7.05. The molecule has 0 aliphatic heterocycles. The van der Waals surface area contributed by atoms with E-state index in [-0.39, 0.29) is 0 Å². The van der Waals surface area contributed by atoms with Gasteiger partial charge in [-0.1, -0.05) is 59.4 Å². The van der Waals surface area contributed by atoms with Gasteiger partial charge in [-0.15, -0.1) is 0 Å². The quantitative estimate of drug-likeness (QED) is 0.671. The molecule has 0 unspecified atom stereocenters. The fourth-order valence-electron chi connectivity index (χ4n) is 1.14. The van der Waals surface area contributed by atoms with Crippen molar-refractivity contribution in [3.63, 3.8) is 0 Å². The third-order valence-electron chi connectivity index (χ3n) is 1.82. The predicted octanol–water partition coefficient (Wildman–Crippen LogP) is 5.51. The summed E-state index contributed by atoms with van der Waals surface area (Å²) in [6, 6.07) is 4.09. The Balaban J connectivity index is 0. The summed E-state index contributed by atoms with van der Waals surface area (Å²) in [5, 5.41) is 0. The molecule has 0 N–H and O–H groups in total. The van der Waals surface area contributed by atoms with Crippen LogP contribution in [0.5, 0.6) is 0 Å². The molecule has 1 heteroatoms. The first-order chi connectivity index (χ1) is 8.27. The number of hydrogen-bond donors (Lipinski definition) is 0. The Morgan fingerprint density at radius 1 is 1.18 bits per heavy atom. The Kier molecular flexibility index (Phi) is 13.5. The number of allylic oxidation sites excluding steroid dienone is 1. The fraction of sp³-hybridized carbons (Fsp3) is 0.438. The maximum Gasteiger partial charge on any atom is 0.0699 e. The Morgan fingerprint density at radius 2 is 1.76 bits per heavy atom. The number of aromatic nitrogens is 1. The number of hydrogen-bond acceptors (Lipinski definition) is 1. The largest absolute Gasteiger partial charge is 0.253 e. The normalized spacial score (nSPS) is 8.82. The van der Waals surface area contributed by atoms with E-state index in [1.807, 2.05) is 40.7 Å². The van der Waals surface area contributed by atoms with Crippen molar-refractivity contribution in [1.82, 2.24) is 4.98 Å². The Morgan fingerprint density at radius 3 is 2.24 bits per heavy atom. The summed E-state index contributed by atoms with van der Waals surface area (Å²) in [5.74, 6) is 0. The van der Waals surface area contributed by atoms with Gasteiger partial charge in [0.1, 0.15) is 0 Å². The zero-order valence-electron chi connectivity index (χ0n) is 12.2. The van der Waals surface area contributed by atoms with Gasteiger partial charge in [-0.05, 0) is 31.1 Å². The van der Waals surface area contributed by atoms with Crippen LogP contribution in [-0.4, -0.2) is 4.98 Å². The van der Waals surface area contributed by atoms with Crippen molar-refractivity contribution in [2.45, 2.75) is 48.0 Å². The topological polar surface area (TPSA) is 12.9 Å². The number of pyridine rings is 1. The lowest BCUT2D eigenvalue weighted by atomic mass is 10.1. The van der Waals surface area contributed by atoms with Gasteiger partial charge in [0.25, 0.3) is 0 Å². The van der Waals surface area contributed by atoms with E-state index in [0.29, 0.717) is 0 Å². The van der Waals surface area contributed by atoms with Crippen LogP contribution in [0, 0.1) is 6.92 Å². The van der Waals surface area contributed by atoms with E-state index in [9.17, 15) is 0 Å². The molecular formula is C16H27N. The minimum atomic E-state index is 0.963. The highest BCUT2D eigenvalue weighted by molar-refractivity contribution is 5.61. The van der Waals surface area contributed by atoms with E-state index in [1.165, 1.54) is 0 Å². The van der Waals surface area contributed by atoms with Crippen LogP contribution < -0.4 is 0 Å². The van der Waals surface area contributed by atoms with Gasteiger partial charge in [-0.2, -0.15) is 0 Å². The highest BCUT2D eigenvalue weighted by Crippen LogP contribution is 2.11. The van der Waals surface area contributed by atoms with Gasteiger partial charge in [0.2, 0.25) is 0 Å². The molecule has 1 nitrogen and oxygen atoms in total. The molecule has 17 heavy (non-hydrogen) atoms. The molecular weight excluding hydrogens is 206 g/mol. The van der Waals surface area contributed by atoms with Crippen LogP contribution in [0.3, 0.4) is 0 Å². The summed E-state index contributed by atoms with van der Waals surface area (Å²) in [4.78, 5) is 4.38. The van der Waals surface area contributed by atoms with Crippen LogP contribution in [0.25, 0.3) is 12.2 Å². The van der Waals surface area contributed by atoms with Crippen molar-refractivity contribution >= 4 is 12.2 Å². The van der Waals surface area contributed by atoms with Gasteiger partial charge < -0.3 is 0 Å². The molecule has 0 atom stereocenters. The lowest BCUT2D eigenvalue weighted by Gasteiger charge is -2.00. The lowest BCUT2D eigenvalue weighted by Crippen LogP contribution is -1.88. The third kappa shape index (κ3) is 7.51. The molecule has 96 valence electrons. The zero-order valence-corrected chi connectivity index (χ0v) is 12.2. The van der Waals surface area contributed by atoms with Crippen LogP contribution in [0.15, 0.2) is 24.8 Å². The van der Waals surface area contributed by atoms with Crippen molar-refractivity contribution in [2.75, 3.05) is 0 Å². The van der Waals surface area contributed by atoms with Crippen molar-refractivity contribution in [2.24, 2.45) is 0 Å². The number of rotatable bonds is 3. The van der Waals surface area contributed by atoms with Crippen molar-refractivity contribution in [1.29, 1.82) is 0 Å². The molecule has 0 saturated carbocycles. The molecule has 1 rings (SSSR count). The maximum absolute atomic E-state index is 4.38. The predicted molar refractivity (Wildman–Crippen MR) is 81.1 cm³/mol. The number of nitrogens with zero attached hydrogens (tertiary/aromatic N) is 1. The average Bonchev–Trinajstić information content (AvgIpc) is 2.41. The fourth-order valence-corrected chi connectivity index (χ4v) is 1.14. The molecule has 0 fully saturated rings. The van der Waals surface area contributed by atoms with Crippen LogP contribution in [0.2, 0.25) is 0 Å². The van der Waals surface area contributed by atoms with Gasteiger partial charge in [0.15, 0.2) is 0 Å². The summed E-state index contributed by atoms with van der Waals surface area (Å²) >= 11 is 0. The van der Waals surface area contributed by atoms with E-state index in [0.717, 1.165) is 23.4 Å². The molecule has 0 spiro atoms. The van der Waals surface area contributed by atoms with Gasteiger partial charge in [0.05, 0.1) is 5.69 Å². The minimum Gasteiger partial charge on any atom is -0.253 e.